The summed E-state index contributed by atoms with van der Waals surface area (Å²) in [6, 6.07) is 0. The molecule has 0 amide bonds. The van der Waals surface area contributed by atoms with Gasteiger partial charge in [0, 0.05) is 6.42 Å². The van der Waals surface area contributed by atoms with Gasteiger partial charge in [0.05, 0.1) is 7.11 Å². The molecule has 2 aliphatic rings. The minimum Gasteiger partial charge on any atom is -0.469 e. The maximum atomic E-state index is 11.3. The second-order valence-electron chi connectivity index (χ2n) is 6.75. The quantitative estimate of drug-likeness (QED) is 0.697. The molecule has 110 valence electrons. The van der Waals surface area contributed by atoms with E-state index in [-0.39, 0.29) is 5.97 Å². The van der Waals surface area contributed by atoms with Gasteiger partial charge in [0.25, 0.3) is 0 Å². The fraction of sp³-hybridized carbons (Fsp3) is 0.941. The van der Waals surface area contributed by atoms with Crippen LogP contribution >= 0.6 is 0 Å². The predicted molar refractivity (Wildman–Crippen MR) is 77.8 cm³/mol. The molecular formula is C17H30O2. The van der Waals surface area contributed by atoms with Gasteiger partial charge in [0.1, 0.15) is 0 Å². The fourth-order valence-corrected chi connectivity index (χ4v) is 4.25. The van der Waals surface area contributed by atoms with Crippen LogP contribution in [0.2, 0.25) is 0 Å². The highest BCUT2D eigenvalue weighted by Crippen LogP contribution is 2.42. The molecular weight excluding hydrogens is 236 g/mol. The minimum atomic E-state index is -0.0214. The lowest BCUT2D eigenvalue weighted by molar-refractivity contribution is -0.142. The fourth-order valence-electron chi connectivity index (χ4n) is 4.25. The maximum absolute atomic E-state index is 11.3. The first-order valence-electron chi connectivity index (χ1n) is 8.29. The van der Waals surface area contributed by atoms with Crippen LogP contribution in [0, 0.1) is 23.7 Å². The molecule has 2 aliphatic carbocycles. The van der Waals surface area contributed by atoms with Gasteiger partial charge in [-0.3, -0.25) is 4.79 Å². The van der Waals surface area contributed by atoms with Gasteiger partial charge in [-0.25, -0.2) is 0 Å². The van der Waals surface area contributed by atoms with Crippen molar-refractivity contribution in [1.82, 2.24) is 0 Å². The van der Waals surface area contributed by atoms with E-state index in [0.29, 0.717) is 12.3 Å². The Morgan fingerprint density at radius 3 is 1.79 bits per heavy atom. The molecule has 0 aliphatic heterocycles. The van der Waals surface area contributed by atoms with E-state index >= 15 is 0 Å². The monoisotopic (exact) mass is 266 g/mol. The van der Waals surface area contributed by atoms with Gasteiger partial charge in [-0.05, 0) is 62.2 Å². The Bertz CT molecular complexity index is 271. The summed E-state index contributed by atoms with van der Waals surface area (Å²) >= 11 is 0. The van der Waals surface area contributed by atoms with E-state index in [0.717, 1.165) is 17.8 Å². The highest BCUT2D eigenvalue weighted by Gasteiger charge is 2.31. The van der Waals surface area contributed by atoms with Gasteiger partial charge in [-0.15, -0.1) is 0 Å². The van der Waals surface area contributed by atoms with E-state index in [1.807, 2.05) is 0 Å². The number of rotatable bonds is 4. The van der Waals surface area contributed by atoms with E-state index in [2.05, 4.69) is 6.92 Å². The molecule has 0 spiro atoms. The molecule has 0 saturated heterocycles. The lowest BCUT2D eigenvalue weighted by atomic mass is 9.68. The van der Waals surface area contributed by atoms with Crippen LogP contribution in [0.5, 0.6) is 0 Å². The molecule has 2 heteroatoms. The van der Waals surface area contributed by atoms with Crippen molar-refractivity contribution in [2.24, 2.45) is 23.7 Å². The lowest BCUT2D eigenvalue weighted by Crippen LogP contribution is -2.26. The molecule has 0 aromatic rings. The first-order chi connectivity index (χ1) is 9.22. The molecule has 0 N–H and O–H groups in total. The third-order valence-corrected chi connectivity index (χ3v) is 5.71. The van der Waals surface area contributed by atoms with E-state index in [1.54, 1.807) is 0 Å². The van der Waals surface area contributed by atoms with Crippen LogP contribution in [0.25, 0.3) is 0 Å². The molecule has 2 rings (SSSR count). The summed E-state index contributed by atoms with van der Waals surface area (Å²) in [5, 5.41) is 0. The number of ether oxygens (including phenoxy) is 1. The zero-order valence-corrected chi connectivity index (χ0v) is 12.7. The summed E-state index contributed by atoms with van der Waals surface area (Å²) in [6.07, 6.45) is 13.1. The highest BCUT2D eigenvalue weighted by molar-refractivity contribution is 5.69. The van der Waals surface area contributed by atoms with Crippen molar-refractivity contribution in [3.05, 3.63) is 0 Å². The number of hydrogen-bond donors (Lipinski definition) is 0. The second-order valence-corrected chi connectivity index (χ2v) is 6.75. The lowest BCUT2D eigenvalue weighted by Gasteiger charge is -2.37. The van der Waals surface area contributed by atoms with Crippen molar-refractivity contribution < 1.29 is 9.53 Å². The van der Waals surface area contributed by atoms with Gasteiger partial charge in [0.15, 0.2) is 0 Å². The summed E-state index contributed by atoms with van der Waals surface area (Å²) in [7, 11) is 1.50. The van der Waals surface area contributed by atoms with Crippen molar-refractivity contribution in [2.45, 2.75) is 71.1 Å². The summed E-state index contributed by atoms with van der Waals surface area (Å²) < 4.78 is 4.78. The van der Waals surface area contributed by atoms with E-state index in [4.69, 9.17) is 4.74 Å². The predicted octanol–water partition coefficient (Wildman–Crippen LogP) is 4.57. The van der Waals surface area contributed by atoms with Crippen LogP contribution in [0.4, 0.5) is 0 Å². The van der Waals surface area contributed by atoms with Crippen LogP contribution in [-0.2, 0) is 9.53 Å². The summed E-state index contributed by atoms with van der Waals surface area (Å²) in [4.78, 5) is 11.3. The first-order valence-corrected chi connectivity index (χ1v) is 8.29. The zero-order chi connectivity index (χ0) is 13.7. The van der Waals surface area contributed by atoms with Gasteiger partial charge >= 0.3 is 5.97 Å². The van der Waals surface area contributed by atoms with E-state index in [1.165, 1.54) is 64.9 Å². The molecule has 2 fully saturated rings. The Morgan fingerprint density at radius 2 is 1.37 bits per heavy atom. The van der Waals surface area contributed by atoms with Gasteiger partial charge < -0.3 is 4.74 Å². The Kier molecular flexibility index (Phi) is 5.72. The third-order valence-electron chi connectivity index (χ3n) is 5.71. The average Bonchev–Trinajstić information content (AvgIpc) is 2.48. The molecule has 0 unspecified atom stereocenters. The van der Waals surface area contributed by atoms with Crippen LogP contribution in [0.3, 0.4) is 0 Å². The van der Waals surface area contributed by atoms with Gasteiger partial charge in [-0.2, -0.15) is 0 Å². The molecule has 0 bridgehead atoms. The summed E-state index contributed by atoms with van der Waals surface area (Å²) in [5.41, 5.74) is 0. The van der Waals surface area contributed by atoms with Crippen LogP contribution in [-0.4, -0.2) is 13.1 Å². The SMILES string of the molecule is CCC1CCC(C2CCC(CC(=O)OC)CC2)CC1. The molecule has 0 aromatic carbocycles. The average molecular weight is 266 g/mol. The smallest absolute Gasteiger partial charge is 0.305 e. The van der Waals surface area contributed by atoms with Gasteiger partial charge in [0.2, 0.25) is 0 Å². The highest BCUT2D eigenvalue weighted by atomic mass is 16.5. The molecule has 0 atom stereocenters. The molecule has 0 radical (unpaired) electrons. The number of carbonyl (C=O) groups excluding carboxylic acids is 1. The van der Waals surface area contributed by atoms with E-state index < -0.39 is 0 Å². The number of esters is 1. The van der Waals surface area contributed by atoms with Crippen LogP contribution in [0.15, 0.2) is 0 Å². The van der Waals surface area contributed by atoms with E-state index in [9.17, 15) is 4.79 Å². The summed E-state index contributed by atoms with van der Waals surface area (Å²) in [6.45, 7) is 2.34. The molecule has 0 heterocycles. The minimum absolute atomic E-state index is 0.0214. The Balaban J connectivity index is 1.70. The van der Waals surface area contributed by atoms with Crippen molar-refractivity contribution in [3.63, 3.8) is 0 Å². The van der Waals surface area contributed by atoms with Crippen LogP contribution in [0.1, 0.15) is 71.1 Å². The normalized spacial score (nSPS) is 35.9. The molecule has 2 nitrogen and oxygen atoms in total. The van der Waals surface area contributed by atoms with Gasteiger partial charge in [-0.1, -0.05) is 26.2 Å². The molecule has 2 saturated carbocycles. The topological polar surface area (TPSA) is 26.3 Å². The Morgan fingerprint density at radius 1 is 0.895 bits per heavy atom. The Labute approximate surface area is 118 Å². The first kappa shape index (κ1) is 14.9. The second kappa shape index (κ2) is 7.31. The zero-order valence-electron chi connectivity index (χ0n) is 12.7. The largest absolute Gasteiger partial charge is 0.469 e. The molecule has 0 aromatic heterocycles. The number of hydrogen-bond acceptors (Lipinski definition) is 2. The summed E-state index contributed by atoms with van der Waals surface area (Å²) in [5.74, 6) is 3.52. The Hall–Kier alpha value is -0.530. The van der Waals surface area contributed by atoms with Crippen molar-refractivity contribution in [1.29, 1.82) is 0 Å². The standard InChI is InChI=1S/C17H30O2/c1-3-13-4-8-15(9-5-13)16-10-6-14(7-11-16)12-17(18)19-2/h13-16H,3-12H2,1-2H3. The van der Waals surface area contributed by atoms with Crippen molar-refractivity contribution >= 4 is 5.97 Å². The third kappa shape index (κ3) is 4.22. The maximum Gasteiger partial charge on any atom is 0.305 e. The van der Waals surface area contributed by atoms with Crippen molar-refractivity contribution in [3.8, 4) is 0 Å². The van der Waals surface area contributed by atoms with Crippen LogP contribution < -0.4 is 0 Å². The number of methoxy groups -OCH3 is 1. The van der Waals surface area contributed by atoms with Crippen molar-refractivity contribution in [2.75, 3.05) is 7.11 Å². The molecule has 19 heavy (non-hydrogen) atoms. The number of carbonyl (C=O) groups is 1.